The second-order valence-corrected chi connectivity index (χ2v) is 6.42. The Balaban J connectivity index is 1.60. The number of pyridine rings is 1. The van der Waals surface area contributed by atoms with E-state index in [0.29, 0.717) is 6.04 Å². The molecule has 1 saturated carbocycles. The molecule has 1 atom stereocenters. The van der Waals surface area contributed by atoms with Crippen LogP contribution in [-0.4, -0.2) is 11.0 Å². The summed E-state index contributed by atoms with van der Waals surface area (Å²) in [7, 11) is 0. The summed E-state index contributed by atoms with van der Waals surface area (Å²) in [4.78, 5) is 4.75. The Morgan fingerprint density at radius 1 is 1.05 bits per heavy atom. The van der Waals surface area contributed by atoms with Crippen molar-refractivity contribution >= 4 is 10.9 Å². The van der Waals surface area contributed by atoms with Gasteiger partial charge in [-0.1, -0.05) is 49.9 Å². The molecule has 21 heavy (non-hydrogen) atoms. The number of rotatable bonds is 4. The van der Waals surface area contributed by atoms with Crippen LogP contribution in [0, 0.1) is 5.92 Å². The molecule has 0 bridgehead atoms. The molecule has 2 nitrogen and oxygen atoms in total. The van der Waals surface area contributed by atoms with E-state index in [2.05, 4.69) is 48.6 Å². The van der Waals surface area contributed by atoms with Gasteiger partial charge in [-0.15, -0.1) is 0 Å². The lowest BCUT2D eigenvalue weighted by Crippen LogP contribution is -2.33. The van der Waals surface area contributed by atoms with Crippen LogP contribution in [0.3, 0.4) is 0 Å². The second-order valence-electron chi connectivity index (χ2n) is 6.42. The summed E-state index contributed by atoms with van der Waals surface area (Å²) < 4.78 is 0. The standard InChI is InChI=1S/C19H26N2/c1-15(16-8-4-2-3-5-9-16)20-14-18-13-12-17-10-6-7-11-19(17)21-18/h6-7,10-13,15-16,20H,2-5,8-9,14H2,1H3/t15-/m0/s1. The lowest BCUT2D eigenvalue weighted by molar-refractivity contribution is 0.336. The molecule has 1 aromatic carbocycles. The zero-order chi connectivity index (χ0) is 14.5. The molecule has 0 amide bonds. The van der Waals surface area contributed by atoms with Crippen LogP contribution >= 0.6 is 0 Å². The van der Waals surface area contributed by atoms with E-state index in [1.54, 1.807) is 0 Å². The Hall–Kier alpha value is -1.41. The predicted molar refractivity (Wildman–Crippen MR) is 89.2 cm³/mol. The van der Waals surface area contributed by atoms with Crippen molar-refractivity contribution in [2.24, 2.45) is 5.92 Å². The largest absolute Gasteiger partial charge is 0.308 e. The first-order valence-corrected chi connectivity index (χ1v) is 8.41. The molecule has 1 heterocycles. The zero-order valence-corrected chi connectivity index (χ0v) is 13.0. The van der Waals surface area contributed by atoms with Gasteiger partial charge >= 0.3 is 0 Å². The van der Waals surface area contributed by atoms with E-state index in [1.807, 2.05) is 0 Å². The number of hydrogen-bond donors (Lipinski definition) is 1. The molecule has 1 aliphatic carbocycles. The molecule has 3 rings (SSSR count). The summed E-state index contributed by atoms with van der Waals surface area (Å²) in [5.41, 5.74) is 2.24. The van der Waals surface area contributed by atoms with Crippen LogP contribution in [0.2, 0.25) is 0 Å². The first-order chi connectivity index (χ1) is 10.3. The van der Waals surface area contributed by atoms with E-state index in [9.17, 15) is 0 Å². The molecule has 1 aliphatic rings. The Labute approximate surface area is 128 Å². The molecule has 1 N–H and O–H groups in total. The van der Waals surface area contributed by atoms with Gasteiger partial charge in [0.2, 0.25) is 0 Å². The van der Waals surface area contributed by atoms with E-state index >= 15 is 0 Å². The van der Waals surface area contributed by atoms with Gasteiger partial charge in [-0.2, -0.15) is 0 Å². The summed E-state index contributed by atoms with van der Waals surface area (Å²) in [6.07, 6.45) is 8.44. The third-order valence-corrected chi connectivity index (χ3v) is 4.87. The minimum atomic E-state index is 0.594. The third kappa shape index (κ3) is 3.82. The first-order valence-electron chi connectivity index (χ1n) is 8.41. The Kier molecular flexibility index (Phi) is 4.87. The van der Waals surface area contributed by atoms with Crippen molar-refractivity contribution in [3.05, 3.63) is 42.1 Å². The molecule has 0 spiro atoms. The van der Waals surface area contributed by atoms with Crippen LogP contribution in [0.15, 0.2) is 36.4 Å². The van der Waals surface area contributed by atoms with E-state index < -0.39 is 0 Å². The molecule has 2 aromatic rings. The van der Waals surface area contributed by atoms with Crippen molar-refractivity contribution in [2.75, 3.05) is 0 Å². The fourth-order valence-corrected chi connectivity index (χ4v) is 3.45. The zero-order valence-electron chi connectivity index (χ0n) is 13.0. The van der Waals surface area contributed by atoms with Crippen LogP contribution in [0.5, 0.6) is 0 Å². The van der Waals surface area contributed by atoms with Crippen molar-refractivity contribution < 1.29 is 0 Å². The van der Waals surface area contributed by atoms with Gasteiger partial charge < -0.3 is 5.32 Å². The van der Waals surface area contributed by atoms with E-state index in [1.165, 1.54) is 43.9 Å². The second kappa shape index (κ2) is 7.04. The molecule has 0 unspecified atom stereocenters. The smallest absolute Gasteiger partial charge is 0.0705 e. The Morgan fingerprint density at radius 2 is 1.81 bits per heavy atom. The predicted octanol–water partition coefficient (Wildman–Crippen LogP) is 4.68. The number of hydrogen-bond acceptors (Lipinski definition) is 2. The number of nitrogens with zero attached hydrogens (tertiary/aromatic N) is 1. The van der Waals surface area contributed by atoms with Gasteiger partial charge in [-0.3, -0.25) is 4.98 Å². The summed E-state index contributed by atoms with van der Waals surface area (Å²) in [5, 5.41) is 4.92. The van der Waals surface area contributed by atoms with E-state index in [-0.39, 0.29) is 0 Å². The average molecular weight is 282 g/mol. The van der Waals surface area contributed by atoms with Gasteiger partial charge in [0.05, 0.1) is 11.2 Å². The van der Waals surface area contributed by atoms with Crippen molar-refractivity contribution in [1.29, 1.82) is 0 Å². The van der Waals surface area contributed by atoms with Crippen LogP contribution < -0.4 is 5.32 Å². The summed E-state index contributed by atoms with van der Waals surface area (Å²) >= 11 is 0. The third-order valence-electron chi connectivity index (χ3n) is 4.87. The number of para-hydroxylation sites is 1. The monoisotopic (exact) mass is 282 g/mol. The van der Waals surface area contributed by atoms with Gasteiger partial charge in [-0.05, 0) is 37.8 Å². The number of benzene rings is 1. The molecule has 0 radical (unpaired) electrons. The summed E-state index contributed by atoms with van der Waals surface area (Å²) in [5.74, 6) is 0.841. The molecule has 2 heteroatoms. The number of fused-ring (bicyclic) bond motifs is 1. The van der Waals surface area contributed by atoms with Crippen LogP contribution in [0.4, 0.5) is 0 Å². The molecular formula is C19H26N2. The average Bonchev–Trinajstić information content (AvgIpc) is 2.81. The highest BCUT2D eigenvalue weighted by atomic mass is 14.9. The maximum atomic E-state index is 4.75. The fraction of sp³-hybridized carbons (Fsp3) is 0.526. The van der Waals surface area contributed by atoms with Gasteiger partial charge in [0.25, 0.3) is 0 Å². The van der Waals surface area contributed by atoms with Gasteiger partial charge in [-0.25, -0.2) is 0 Å². The highest BCUT2D eigenvalue weighted by molar-refractivity contribution is 5.78. The minimum absolute atomic E-state index is 0.594. The molecule has 112 valence electrons. The van der Waals surface area contributed by atoms with Gasteiger partial charge in [0.15, 0.2) is 0 Å². The molecule has 0 saturated heterocycles. The first kappa shape index (κ1) is 14.5. The highest BCUT2D eigenvalue weighted by Gasteiger charge is 2.18. The lowest BCUT2D eigenvalue weighted by atomic mass is 9.93. The van der Waals surface area contributed by atoms with Crippen LogP contribution in [0.1, 0.15) is 51.1 Å². The SMILES string of the molecule is C[C@H](NCc1ccc2ccccc2n1)C1CCCCCC1. The fourth-order valence-electron chi connectivity index (χ4n) is 3.45. The van der Waals surface area contributed by atoms with E-state index in [4.69, 9.17) is 4.98 Å². The lowest BCUT2D eigenvalue weighted by Gasteiger charge is -2.23. The quantitative estimate of drug-likeness (QED) is 0.823. The number of nitrogens with one attached hydrogen (secondary N) is 1. The molecule has 0 aliphatic heterocycles. The van der Waals surface area contributed by atoms with Crippen molar-refractivity contribution in [2.45, 2.75) is 58.0 Å². The van der Waals surface area contributed by atoms with Crippen LogP contribution in [0.25, 0.3) is 10.9 Å². The van der Waals surface area contributed by atoms with Gasteiger partial charge in [0, 0.05) is 18.0 Å². The Morgan fingerprint density at radius 3 is 2.62 bits per heavy atom. The van der Waals surface area contributed by atoms with Crippen molar-refractivity contribution in [1.82, 2.24) is 10.3 Å². The molecular weight excluding hydrogens is 256 g/mol. The van der Waals surface area contributed by atoms with Gasteiger partial charge in [0.1, 0.15) is 0 Å². The molecule has 1 aromatic heterocycles. The maximum absolute atomic E-state index is 4.75. The summed E-state index contributed by atoms with van der Waals surface area (Å²) in [6, 6.07) is 13.2. The van der Waals surface area contributed by atoms with E-state index in [0.717, 1.165) is 23.7 Å². The van der Waals surface area contributed by atoms with Crippen molar-refractivity contribution in [3.63, 3.8) is 0 Å². The molecule has 1 fully saturated rings. The van der Waals surface area contributed by atoms with Crippen molar-refractivity contribution in [3.8, 4) is 0 Å². The Bertz CT molecular complexity index is 571. The highest BCUT2D eigenvalue weighted by Crippen LogP contribution is 2.25. The van der Waals surface area contributed by atoms with Crippen LogP contribution in [-0.2, 0) is 6.54 Å². The normalized spacial score (nSPS) is 18.5. The number of aromatic nitrogens is 1. The summed E-state index contributed by atoms with van der Waals surface area (Å²) in [6.45, 7) is 3.22. The minimum Gasteiger partial charge on any atom is -0.308 e. The topological polar surface area (TPSA) is 24.9 Å². The maximum Gasteiger partial charge on any atom is 0.0705 e.